The first-order valence-corrected chi connectivity index (χ1v) is 10.9. The normalized spacial score (nSPS) is 16.6. The molecular weight excluding hydrogens is 412 g/mol. The minimum absolute atomic E-state index is 0.0890. The second-order valence-corrected chi connectivity index (χ2v) is 8.07. The van der Waals surface area contributed by atoms with Crippen LogP contribution in [-0.4, -0.2) is 57.1 Å². The summed E-state index contributed by atoms with van der Waals surface area (Å²) in [5, 5.41) is 0. The number of fused-ring (bicyclic) bond motifs is 2. The number of nitrogens with one attached hydrogen (secondary N) is 2. The van der Waals surface area contributed by atoms with Gasteiger partial charge in [0.15, 0.2) is 11.2 Å². The number of furan rings is 2. The van der Waals surface area contributed by atoms with Crippen LogP contribution in [0.1, 0.15) is 53.1 Å². The van der Waals surface area contributed by atoms with Crippen LogP contribution in [0.5, 0.6) is 0 Å². The van der Waals surface area contributed by atoms with Gasteiger partial charge in [0.25, 0.3) is 11.8 Å². The maximum atomic E-state index is 12.1. The SMILES string of the molecule is O=C(c1cc2occc2[nH]1)N1CCCCC1.O=C1CCCN1C(=O)c1cc2occc2[nH]1. The van der Waals surface area contributed by atoms with E-state index in [4.69, 9.17) is 8.83 Å². The molecule has 2 aliphatic heterocycles. The maximum absolute atomic E-state index is 12.1. The van der Waals surface area contributed by atoms with Crippen LogP contribution >= 0.6 is 0 Å². The fraction of sp³-hybridized carbons (Fsp3) is 0.348. The molecule has 9 nitrogen and oxygen atoms in total. The second-order valence-electron chi connectivity index (χ2n) is 8.07. The van der Waals surface area contributed by atoms with Crippen LogP contribution in [0.3, 0.4) is 0 Å². The van der Waals surface area contributed by atoms with E-state index in [1.807, 2.05) is 11.0 Å². The molecule has 32 heavy (non-hydrogen) atoms. The Bertz CT molecular complexity index is 1210. The van der Waals surface area contributed by atoms with Gasteiger partial charge in [-0.1, -0.05) is 0 Å². The van der Waals surface area contributed by atoms with E-state index in [9.17, 15) is 14.4 Å². The number of hydrogen-bond acceptors (Lipinski definition) is 5. The molecule has 0 unspecified atom stereocenters. The number of H-pyrrole nitrogens is 2. The maximum Gasteiger partial charge on any atom is 0.277 e. The standard InChI is InChI=1S/C12H14N2O2.C11H10N2O3/c15-12(14-5-2-1-3-6-14)10-8-11-9(13-10)4-7-16-11;14-10-2-1-4-13(10)11(15)8-6-9-7(12-8)3-5-16-9/h4,7-8,13H,1-3,5-6H2;3,5-6,12H,1-2,4H2. The molecule has 2 fully saturated rings. The van der Waals surface area contributed by atoms with Crippen LogP contribution in [0.25, 0.3) is 22.2 Å². The lowest BCUT2D eigenvalue weighted by atomic mass is 10.1. The number of carbonyl (C=O) groups is 3. The summed E-state index contributed by atoms with van der Waals surface area (Å²) in [4.78, 5) is 44.7. The van der Waals surface area contributed by atoms with Crippen molar-refractivity contribution in [2.24, 2.45) is 0 Å². The zero-order valence-corrected chi connectivity index (χ0v) is 17.6. The van der Waals surface area contributed by atoms with Crippen LogP contribution in [-0.2, 0) is 4.79 Å². The molecule has 4 aromatic heterocycles. The number of aromatic amines is 2. The molecule has 0 spiro atoms. The first-order chi connectivity index (χ1) is 15.6. The highest BCUT2D eigenvalue weighted by molar-refractivity contribution is 6.06. The summed E-state index contributed by atoms with van der Waals surface area (Å²) in [5.41, 5.74) is 4.09. The Morgan fingerprint density at radius 1 is 0.781 bits per heavy atom. The van der Waals surface area contributed by atoms with E-state index in [-0.39, 0.29) is 17.7 Å². The molecular formula is C23H24N4O5. The minimum atomic E-state index is -0.270. The summed E-state index contributed by atoms with van der Waals surface area (Å²) in [6.07, 6.45) is 7.85. The Morgan fingerprint density at radius 3 is 1.91 bits per heavy atom. The molecule has 6 heterocycles. The number of imide groups is 1. The Hall–Kier alpha value is -3.75. The van der Waals surface area contributed by atoms with Gasteiger partial charge in [-0.05, 0) is 25.7 Å². The van der Waals surface area contributed by atoms with Gasteiger partial charge in [-0.3, -0.25) is 19.3 Å². The monoisotopic (exact) mass is 436 g/mol. The lowest BCUT2D eigenvalue weighted by Gasteiger charge is -2.26. The fourth-order valence-electron chi connectivity index (χ4n) is 4.20. The van der Waals surface area contributed by atoms with E-state index in [2.05, 4.69) is 9.97 Å². The molecule has 0 aliphatic carbocycles. The van der Waals surface area contributed by atoms with Crippen LogP contribution < -0.4 is 0 Å². The second kappa shape index (κ2) is 8.41. The number of rotatable bonds is 2. The predicted octanol–water partition coefficient (Wildman–Crippen LogP) is 3.91. The van der Waals surface area contributed by atoms with Crippen LogP contribution in [0.15, 0.2) is 45.6 Å². The molecule has 4 aromatic rings. The molecule has 166 valence electrons. The molecule has 0 aromatic carbocycles. The molecule has 6 rings (SSSR count). The highest BCUT2D eigenvalue weighted by Crippen LogP contribution is 2.20. The van der Waals surface area contributed by atoms with Gasteiger partial charge in [0, 0.05) is 50.3 Å². The molecule has 0 atom stereocenters. The third kappa shape index (κ3) is 3.81. The summed E-state index contributed by atoms with van der Waals surface area (Å²) in [6, 6.07) is 7.00. The molecule has 0 bridgehead atoms. The molecule has 2 saturated heterocycles. The molecule has 0 saturated carbocycles. The van der Waals surface area contributed by atoms with Crippen LogP contribution in [0.2, 0.25) is 0 Å². The summed E-state index contributed by atoms with van der Waals surface area (Å²) < 4.78 is 10.4. The highest BCUT2D eigenvalue weighted by atomic mass is 16.3. The third-order valence-corrected chi connectivity index (χ3v) is 5.90. The molecule has 3 amide bonds. The first-order valence-electron chi connectivity index (χ1n) is 10.9. The van der Waals surface area contributed by atoms with Gasteiger partial charge >= 0.3 is 0 Å². The number of nitrogens with zero attached hydrogens (tertiary/aromatic N) is 2. The minimum Gasteiger partial charge on any atom is -0.463 e. The molecule has 2 aliphatic rings. The number of amides is 3. The van der Waals surface area contributed by atoms with Crippen molar-refractivity contribution in [1.29, 1.82) is 0 Å². The third-order valence-electron chi connectivity index (χ3n) is 5.90. The van der Waals surface area contributed by atoms with Crippen molar-refractivity contribution >= 4 is 39.9 Å². The Labute approximate surface area is 183 Å². The first kappa shape index (κ1) is 20.2. The number of hydrogen-bond donors (Lipinski definition) is 2. The number of carbonyl (C=O) groups excluding carboxylic acids is 3. The van der Waals surface area contributed by atoms with Gasteiger partial charge in [-0.25, -0.2) is 0 Å². The van der Waals surface area contributed by atoms with Crippen molar-refractivity contribution < 1.29 is 23.2 Å². The lowest BCUT2D eigenvalue weighted by Crippen LogP contribution is -2.35. The predicted molar refractivity (Wildman–Crippen MR) is 116 cm³/mol. The van der Waals surface area contributed by atoms with Gasteiger partial charge in [0.1, 0.15) is 11.4 Å². The fourth-order valence-corrected chi connectivity index (χ4v) is 4.20. The Morgan fingerprint density at radius 2 is 1.38 bits per heavy atom. The van der Waals surface area contributed by atoms with E-state index < -0.39 is 0 Å². The average Bonchev–Trinajstić information content (AvgIpc) is 3.59. The van der Waals surface area contributed by atoms with Gasteiger partial charge < -0.3 is 23.7 Å². The van der Waals surface area contributed by atoms with Crippen molar-refractivity contribution in [2.45, 2.75) is 32.1 Å². The van der Waals surface area contributed by atoms with Crippen molar-refractivity contribution in [3.05, 3.63) is 48.2 Å². The zero-order chi connectivity index (χ0) is 22.1. The average molecular weight is 436 g/mol. The van der Waals surface area contributed by atoms with Gasteiger partial charge in [0.05, 0.1) is 23.6 Å². The number of likely N-dealkylation sites (tertiary alicyclic amines) is 2. The lowest BCUT2D eigenvalue weighted by molar-refractivity contribution is -0.125. The Kier molecular flexibility index (Phi) is 5.30. The number of aromatic nitrogens is 2. The quantitative estimate of drug-likeness (QED) is 0.462. The van der Waals surface area contributed by atoms with E-state index >= 15 is 0 Å². The van der Waals surface area contributed by atoms with Gasteiger partial charge in [-0.2, -0.15) is 0 Å². The number of piperidine rings is 1. The highest BCUT2D eigenvalue weighted by Gasteiger charge is 2.28. The van der Waals surface area contributed by atoms with Crippen molar-refractivity contribution in [3.63, 3.8) is 0 Å². The summed E-state index contributed by atoms with van der Waals surface area (Å²) in [5.74, 6) is -0.281. The molecule has 9 heteroatoms. The van der Waals surface area contributed by atoms with Crippen molar-refractivity contribution in [3.8, 4) is 0 Å². The van der Waals surface area contributed by atoms with Crippen molar-refractivity contribution in [2.75, 3.05) is 19.6 Å². The smallest absolute Gasteiger partial charge is 0.277 e. The largest absolute Gasteiger partial charge is 0.463 e. The zero-order valence-electron chi connectivity index (χ0n) is 17.6. The topological polar surface area (TPSA) is 116 Å². The van der Waals surface area contributed by atoms with Crippen LogP contribution in [0.4, 0.5) is 0 Å². The van der Waals surface area contributed by atoms with Crippen LogP contribution in [0, 0.1) is 0 Å². The molecule has 0 radical (unpaired) electrons. The van der Waals surface area contributed by atoms with E-state index in [1.54, 1.807) is 30.7 Å². The van der Waals surface area contributed by atoms with Gasteiger partial charge in [0.2, 0.25) is 5.91 Å². The summed E-state index contributed by atoms with van der Waals surface area (Å²) >= 11 is 0. The van der Waals surface area contributed by atoms with E-state index in [0.29, 0.717) is 29.9 Å². The Balaban J connectivity index is 0.000000135. The van der Waals surface area contributed by atoms with Crippen molar-refractivity contribution in [1.82, 2.24) is 19.8 Å². The van der Waals surface area contributed by atoms with E-state index in [1.165, 1.54) is 11.3 Å². The summed E-state index contributed by atoms with van der Waals surface area (Å²) in [7, 11) is 0. The summed E-state index contributed by atoms with van der Waals surface area (Å²) in [6.45, 7) is 2.26. The van der Waals surface area contributed by atoms with E-state index in [0.717, 1.165) is 49.0 Å². The van der Waals surface area contributed by atoms with Gasteiger partial charge in [-0.15, -0.1) is 0 Å². The molecule has 2 N–H and O–H groups in total.